The highest BCUT2D eigenvalue weighted by atomic mass is 32.1. The van der Waals surface area contributed by atoms with Crippen molar-refractivity contribution in [2.24, 2.45) is 0 Å². The van der Waals surface area contributed by atoms with E-state index in [-0.39, 0.29) is 11.8 Å². The molecule has 168 valence electrons. The molecule has 0 atom stereocenters. The molecule has 4 N–H and O–H groups in total. The number of nitrogens with zero attached hydrogens (tertiary/aromatic N) is 1. The standard InChI is InChI=1S/C26H20N4O2S2/c1-15-19(24(31)29-16-9-4-2-5-10-16)20(18-13-8-14-33-18)21-22(27)23(34-26(21)28-15)25(32)30-17-11-6-3-7-12-17/h2-14H,27H2,1H3,(H,29,31)(H,30,32). The Morgan fingerprint density at radius 3 is 2.06 bits per heavy atom. The summed E-state index contributed by atoms with van der Waals surface area (Å²) in [7, 11) is 0. The molecule has 0 aliphatic carbocycles. The van der Waals surface area contributed by atoms with Crippen molar-refractivity contribution in [2.75, 3.05) is 16.4 Å². The number of benzene rings is 2. The third-order valence-corrected chi connectivity index (χ3v) is 7.31. The number of nitrogens with two attached hydrogens (primary N) is 1. The molecular formula is C26H20N4O2S2. The number of nitrogen functional groups attached to an aromatic ring is 1. The molecule has 8 heteroatoms. The average Bonchev–Trinajstić information content (AvgIpc) is 3.48. The molecule has 0 saturated heterocycles. The molecule has 0 bridgehead atoms. The second-order valence-electron chi connectivity index (χ2n) is 7.59. The van der Waals surface area contributed by atoms with Crippen LogP contribution in [-0.2, 0) is 0 Å². The number of thiophene rings is 2. The van der Waals surface area contributed by atoms with E-state index >= 15 is 0 Å². The third kappa shape index (κ3) is 4.05. The SMILES string of the molecule is Cc1nc2sc(C(=O)Nc3ccccc3)c(N)c2c(-c2cccs2)c1C(=O)Nc1ccccc1. The van der Waals surface area contributed by atoms with Gasteiger partial charge in [-0.3, -0.25) is 9.59 Å². The number of rotatable bonds is 5. The highest BCUT2D eigenvalue weighted by Gasteiger charge is 2.27. The van der Waals surface area contributed by atoms with Gasteiger partial charge in [-0.15, -0.1) is 22.7 Å². The van der Waals surface area contributed by atoms with Gasteiger partial charge in [0.1, 0.15) is 9.71 Å². The van der Waals surface area contributed by atoms with E-state index in [4.69, 9.17) is 5.73 Å². The number of carbonyl (C=O) groups is 2. The summed E-state index contributed by atoms with van der Waals surface area (Å²) in [6.45, 7) is 1.80. The summed E-state index contributed by atoms with van der Waals surface area (Å²) in [5.41, 5.74) is 9.94. The van der Waals surface area contributed by atoms with Crippen molar-refractivity contribution in [3.8, 4) is 10.4 Å². The molecule has 0 radical (unpaired) electrons. The van der Waals surface area contributed by atoms with Crippen LogP contribution in [0.25, 0.3) is 20.7 Å². The number of nitrogens with one attached hydrogen (secondary N) is 2. The monoisotopic (exact) mass is 484 g/mol. The van der Waals surface area contributed by atoms with Gasteiger partial charge in [-0.1, -0.05) is 42.5 Å². The Labute approximate surface area is 204 Å². The van der Waals surface area contributed by atoms with Crippen LogP contribution in [0.2, 0.25) is 0 Å². The molecule has 2 aromatic carbocycles. The van der Waals surface area contributed by atoms with Gasteiger partial charge in [0.2, 0.25) is 0 Å². The van der Waals surface area contributed by atoms with E-state index in [1.165, 1.54) is 22.7 Å². The van der Waals surface area contributed by atoms with E-state index in [0.717, 1.165) is 4.88 Å². The van der Waals surface area contributed by atoms with Crippen LogP contribution in [0.4, 0.5) is 17.1 Å². The number of fused-ring (bicyclic) bond motifs is 1. The van der Waals surface area contributed by atoms with Crippen LogP contribution < -0.4 is 16.4 Å². The number of hydrogen-bond donors (Lipinski definition) is 3. The van der Waals surface area contributed by atoms with Crippen LogP contribution in [0.15, 0.2) is 78.2 Å². The second kappa shape index (κ2) is 9.09. The molecule has 0 fully saturated rings. The maximum atomic E-state index is 13.4. The summed E-state index contributed by atoms with van der Waals surface area (Å²) in [5, 5.41) is 8.41. The molecule has 6 nitrogen and oxygen atoms in total. The summed E-state index contributed by atoms with van der Waals surface area (Å²) in [6, 6.07) is 22.3. The fourth-order valence-electron chi connectivity index (χ4n) is 3.80. The molecule has 0 unspecified atom stereocenters. The molecule has 34 heavy (non-hydrogen) atoms. The molecular weight excluding hydrogens is 464 g/mol. The smallest absolute Gasteiger partial charge is 0.267 e. The van der Waals surface area contributed by atoms with Crippen LogP contribution in [0, 0.1) is 6.92 Å². The first-order chi connectivity index (χ1) is 16.5. The maximum Gasteiger partial charge on any atom is 0.267 e. The lowest BCUT2D eigenvalue weighted by molar-refractivity contribution is 0.102. The molecule has 0 aliphatic rings. The van der Waals surface area contributed by atoms with E-state index in [1.807, 2.05) is 78.2 Å². The van der Waals surface area contributed by atoms with Gasteiger partial charge in [-0.2, -0.15) is 0 Å². The van der Waals surface area contributed by atoms with Gasteiger partial charge < -0.3 is 16.4 Å². The first-order valence-corrected chi connectivity index (χ1v) is 12.2. The van der Waals surface area contributed by atoms with E-state index in [2.05, 4.69) is 15.6 Å². The number of hydrogen-bond acceptors (Lipinski definition) is 6. The van der Waals surface area contributed by atoms with Gasteiger partial charge in [0.15, 0.2) is 0 Å². The fraction of sp³-hybridized carbons (Fsp3) is 0.0385. The molecule has 2 amide bonds. The summed E-state index contributed by atoms with van der Waals surface area (Å²) in [5.74, 6) is -0.584. The zero-order valence-corrected chi connectivity index (χ0v) is 19.8. The number of carbonyl (C=O) groups excluding carboxylic acids is 2. The molecule has 0 spiro atoms. The Bertz CT molecular complexity index is 1490. The van der Waals surface area contributed by atoms with Gasteiger partial charge in [-0.25, -0.2) is 4.98 Å². The predicted molar refractivity (Wildman–Crippen MR) is 141 cm³/mol. The highest BCUT2D eigenvalue weighted by Crippen LogP contribution is 2.43. The predicted octanol–water partition coefficient (Wildman–Crippen LogP) is 6.42. The number of anilines is 3. The van der Waals surface area contributed by atoms with Crippen LogP contribution in [0.3, 0.4) is 0 Å². The lowest BCUT2D eigenvalue weighted by Gasteiger charge is -2.13. The van der Waals surface area contributed by atoms with E-state index in [9.17, 15) is 9.59 Å². The third-order valence-electron chi connectivity index (χ3n) is 5.32. The average molecular weight is 485 g/mol. The Balaban J connectivity index is 1.65. The highest BCUT2D eigenvalue weighted by molar-refractivity contribution is 7.21. The van der Waals surface area contributed by atoms with Crippen molar-refractivity contribution in [3.63, 3.8) is 0 Å². The van der Waals surface area contributed by atoms with Gasteiger partial charge in [0, 0.05) is 27.2 Å². The summed E-state index contributed by atoms with van der Waals surface area (Å²) >= 11 is 2.73. The number of amides is 2. The van der Waals surface area contributed by atoms with Crippen molar-refractivity contribution in [3.05, 3.63) is 94.3 Å². The van der Waals surface area contributed by atoms with E-state index < -0.39 is 0 Å². The van der Waals surface area contributed by atoms with Crippen LogP contribution in [0.1, 0.15) is 25.7 Å². The first-order valence-electron chi connectivity index (χ1n) is 10.5. The van der Waals surface area contributed by atoms with Crippen LogP contribution in [-0.4, -0.2) is 16.8 Å². The molecule has 0 aliphatic heterocycles. The van der Waals surface area contributed by atoms with Crippen LogP contribution in [0.5, 0.6) is 0 Å². The van der Waals surface area contributed by atoms with Crippen molar-refractivity contribution < 1.29 is 9.59 Å². The Kier molecular flexibility index (Phi) is 5.83. The second-order valence-corrected chi connectivity index (χ2v) is 9.54. The van der Waals surface area contributed by atoms with Gasteiger partial charge in [0.25, 0.3) is 11.8 Å². The molecule has 3 aromatic heterocycles. The molecule has 5 aromatic rings. The molecule has 0 saturated carbocycles. The maximum absolute atomic E-state index is 13.4. The van der Waals surface area contributed by atoms with Gasteiger partial charge in [0.05, 0.1) is 16.9 Å². The zero-order chi connectivity index (χ0) is 23.7. The van der Waals surface area contributed by atoms with Gasteiger partial charge in [-0.05, 0) is 42.6 Å². The minimum atomic E-state index is -0.309. The van der Waals surface area contributed by atoms with Crippen molar-refractivity contribution in [1.29, 1.82) is 0 Å². The minimum Gasteiger partial charge on any atom is -0.397 e. The van der Waals surface area contributed by atoms with Gasteiger partial charge >= 0.3 is 0 Å². The largest absolute Gasteiger partial charge is 0.397 e. The van der Waals surface area contributed by atoms with Crippen molar-refractivity contribution in [1.82, 2.24) is 4.98 Å². The number of para-hydroxylation sites is 2. The number of pyridine rings is 1. The van der Waals surface area contributed by atoms with Crippen LogP contribution >= 0.6 is 22.7 Å². The Morgan fingerprint density at radius 2 is 1.47 bits per heavy atom. The minimum absolute atomic E-state index is 0.276. The van der Waals surface area contributed by atoms with E-state index in [0.29, 0.717) is 49.0 Å². The topological polar surface area (TPSA) is 97.1 Å². The first kappa shape index (κ1) is 21.8. The molecule has 5 rings (SSSR count). The molecule has 3 heterocycles. The summed E-state index contributed by atoms with van der Waals surface area (Å²) in [4.78, 5) is 33.0. The lowest BCUT2D eigenvalue weighted by Crippen LogP contribution is -2.16. The van der Waals surface area contributed by atoms with Crippen molar-refractivity contribution in [2.45, 2.75) is 6.92 Å². The number of aromatic nitrogens is 1. The zero-order valence-electron chi connectivity index (χ0n) is 18.2. The Hall–Kier alpha value is -4.01. The number of aryl methyl sites for hydroxylation is 1. The lowest BCUT2D eigenvalue weighted by atomic mass is 9.99. The quantitative estimate of drug-likeness (QED) is 0.268. The normalized spacial score (nSPS) is 10.9. The summed E-state index contributed by atoms with van der Waals surface area (Å²) in [6.07, 6.45) is 0. The van der Waals surface area contributed by atoms with E-state index in [1.54, 1.807) is 6.92 Å². The van der Waals surface area contributed by atoms with Crippen molar-refractivity contribution >= 4 is 61.8 Å². The summed E-state index contributed by atoms with van der Waals surface area (Å²) < 4.78 is 0. The fourth-order valence-corrected chi connectivity index (χ4v) is 5.63. The Morgan fingerprint density at radius 1 is 0.853 bits per heavy atom.